The third-order valence-corrected chi connectivity index (χ3v) is 13.0. The van der Waals surface area contributed by atoms with Gasteiger partial charge in [-0.15, -0.1) is 13.2 Å². The molecule has 2 aliphatic carbocycles. The molecule has 0 unspecified atom stereocenters. The summed E-state index contributed by atoms with van der Waals surface area (Å²) in [5.74, 6) is -2.47. The molecule has 336 valence electrons. The van der Waals surface area contributed by atoms with Crippen molar-refractivity contribution in [2.24, 2.45) is 5.92 Å². The second-order valence-electron chi connectivity index (χ2n) is 17.1. The summed E-state index contributed by atoms with van der Waals surface area (Å²) in [5, 5.41) is 5.87. The highest BCUT2D eigenvalue weighted by Crippen LogP contribution is 2.48. The van der Waals surface area contributed by atoms with E-state index in [2.05, 4.69) is 20.1 Å². The van der Waals surface area contributed by atoms with Gasteiger partial charge in [0.1, 0.15) is 40.8 Å². The summed E-state index contributed by atoms with van der Waals surface area (Å²) >= 11 is 0. The zero-order valence-corrected chi connectivity index (χ0v) is 35.5. The Morgan fingerprint density at radius 3 is 2.39 bits per heavy atom. The smallest absolute Gasteiger partial charge is 0.497 e. The maximum atomic E-state index is 14.6. The van der Waals surface area contributed by atoms with Crippen molar-refractivity contribution in [2.75, 3.05) is 26.9 Å². The first-order valence-electron chi connectivity index (χ1n) is 20.5. The van der Waals surface area contributed by atoms with E-state index >= 15 is 0 Å². The van der Waals surface area contributed by atoms with Crippen molar-refractivity contribution in [1.29, 1.82) is 0 Å². The molecule has 5 atom stereocenters. The van der Waals surface area contributed by atoms with Crippen LogP contribution in [0.15, 0.2) is 48.5 Å². The number of carbonyl (C=O) groups is 4. The number of halogens is 3. The zero-order valence-electron chi connectivity index (χ0n) is 34.7. The summed E-state index contributed by atoms with van der Waals surface area (Å²) in [4.78, 5) is 62.0. The van der Waals surface area contributed by atoms with Gasteiger partial charge >= 0.3 is 12.5 Å². The standard InChI is InChI=1S/C42H50F3N5O11S/c1-40(2,3)61-39(54)47-33-23-58-17-7-5-6-8-26-21-41(26,38(53)49-62(55,56)30-14-15-30)48-35(51)34-20-29(22-50(34)37(33)52)59-36-31-16-13-28(57-4)18-25(31)19-32(46-36)24-9-11-27(12-10-24)60-42(43,44)45/h9-13,16,18-19,26,29-30,33-34H,5-8,14-15,17,20-23H2,1-4H3,(H,47,54)(H,48,51)(H,49,53)/t26-,29-,33+,34+,41-/m1/s1. The molecule has 2 saturated carbocycles. The van der Waals surface area contributed by atoms with Gasteiger partial charge in [0, 0.05) is 24.0 Å². The number of nitrogens with zero attached hydrogens (tertiary/aromatic N) is 2. The van der Waals surface area contributed by atoms with Crippen LogP contribution < -0.4 is 29.6 Å². The number of amides is 4. The highest BCUT2D eigenvalue weighted by molar-refractivity contribution is 7.91. The lowest BCUT2D eigenvalue weighted by molar-refractivity contribution is -0.274. The van der Waals surface area contributed by atoms with Crippen molar-refractivity contribution in [1.82, 2.24) is 25.2 Å². The van der Waals surface area contributed by atoms with Crippen LogP contribution in [0, 0.1) is 5.92 Å². The number of benzene rings is 2. The largest absolute Gasteiger partial charge is 0.573 e. The number of aromatic nitrogens is 1. The Labute approximate surface area is 356 Å². The van der Waals surface area contributed by atoms with E-state index < -0.39 is 80.5 Å². The number of sulfonamides is 1. The van der Waals surface area contributed by atoms with Crippen LogP contribution in [-0.4, -0.2) is 110 Å². The Bertz CT molecular complexity index is 2300. The van der Waals surface area contributed by atoms with Crippen LogP contribution in [0.25, 0.3) is 22.0 Å². The van der Waals surface area contributed by atoms with E-state index in [-0.39, 0.29) is 44.4 Å². The number of methoxy groups -OCH3 is 1. The number of pyridine rings is 1. The van der Waals surface area contributed by atoms with E-state index in [0.717, 1.165) is 12.1 Å². The van der Waals surface area contributed by atoms with E-state index in [1.165, 1.54) is 24.1 Å². The first-order valence-corrected chi connectivity index (χ1v) is 22.1. The molecular weight excluding hydrogens is 840 g/mol. The SMILES string of the molecule is COc1ccc2c(O[C@@H]3C[C@H]4C(=O)N[C@]5(C(=O)NS(=O)(=O)C6CC6)C[C@H]5CCCCCOC[C@H](NC(=O)OC(C)(C)C)C(=O)N4C3)nc(-c3ccc(OC(F)(F)F)cc3)cc2c1. The van der Waals surface area contributed by atoms with Crippen LogP contribution in [0.4, 0.5) is 18.0 Å². The summed E-state index contributed by atoms with van der Waals surface area (Å²) in [6, 6.07) is 9.33. The van der Waals surface area contributed by atoms with E-state index in [4.69, 9.17) is 23.9 Å². The van der Waals surface area contributed by atoms with Crippen molar-refractivity contribution in [3.63, 3.8) is 0 Å². The molecule has 0 radical (unpaired) electrons. The van der Waals surface area contributed by atoms with Crippen LogP contribution in [0.3, 0.4) is 0 Å². The van der Waals surface area contributed by atoms with Crippen molar-refractivity contribution in [2.45, 2.75) is 113 Å². The highest BCUT2D eigenvalue weighted by Gasteiger charge is 2.62. The van der Waals surface area contributed by atoms with Gasteiger partial charge in [0.2, 0.25) is 27.7 Å². The van der Waals surface area contributed by atoms with Gasteiger partial charge in [0.05, 0.1) is 31.2 Å². The van der Waals surface area contributed by atoms with Gasteiger partial charge in [0.25, 0.3) is 5.91 Å². The van der Waals surface area contributed by atoms with Crippen molar-refractivity contribution < 1.29 is 64.5 Å². The lowest BCUT2D eigenvalue weighted by Crippen LogP contribution is -2.59. The molecular formula is C42H50F3N5O11S. The molecule has 4 fully saturated rings. The number of alkyl carbamates (subject to hydrolysis) is 1. The number of ether oxygens (including phenoxy) is 5. The molecule has 7 rings (SSSR count). The second-order valence-corrected chi connectivity index (χ2v) is 19.1. The molecule has 20 heteroatoms. The number of alkyl halides is 3. The molecule has 2 aromatic carbocycles. The van der Waals surface area contributed by atoms with Crippen LogP contribution in [0.5, 0.6) is 17.4 Å². The summed E-state index contributed by atoms with van der Waals surface area (Å²) in [7, 11) is -2.47. The van der Waals surface area contributed by atoms with Crippen molar-refractivity contribution in [3.8, 4) is 28.6 Å². The van der Waals surface area contributed by atoms with E-state index in [1.807, 2.05) is 0 Å². The number of nitrogens with one attached hydrogen (secondary N) is 3. The molecule has 3 heterocycles. The Balaban J connectivity index is 1.22. The third kappa shape index (κ3) is 10.6. The fraction of sp³-hybridized carbons (Fsp3) is 0.548. The van der Waals surface area contributed by atoms with Crippen molar-refractivity contribution in [3.05, 3.63) is 48.5 Å². The number of hydrogen-bond acceptors (Lipinski definition) is 12. The Hall–Kier alpha value is -5.37. The van der Waals surface area contributed by atoms with Gasteiger partial charge in [-0.2, -0.15) is 0 Å². The summed E-state index contributed by atoms with van der Waals surface area (Å²) < 4.78 is 94.1. The predicted molar refractivity (Wildman–Crippen MR) is 216 cm³/mol. The Kier molecular flexibility index (Phi) is 12.6. The van der Waals surface area contributed by atoms with Crippen LogP contribution in [0.1, 0.15) is 72.1 Å². The number of carbonyl (C=O) groups excluding carboxylic acids is 4. The minimum absolute atomic E-state index is 0.0755. The van der Waals surface area contributed by atoms with Crippen LogP contribution in [-0.2, 0) is 33.9 Å². The minimum Gasteiger partial charge on any atom is -0.497 e. The summed E-state index contributed by atoms with van der Waals surface area (Å²) in [5.41, 5.74) is -1.71. The average Bonchev–Trinajstić information content (AvgIpc) is 4.12. The molecule has 2 aliphatic heterocycles. The van der Waals surface area contributed by atoms with Gasteiger partial charge in [-0.1, -0.05) is 12.8 Å². The Morgan fingerprint density at radius 1 is 0.984 bits per heavy atom. The molecule has 0 bridgehead atoms. The number of rotatable bonds is 9. The lowest BCUT2D eigenvalue weighted by Gasteiger charge is -2.30. The maximum absolute atomic E-state index is 14.6. The van der Waals surface area contributed by atoms with Gasteiger partial charge in [0.15, 0.2) is 0 Å². The molecule has 62 heavy (non-hydrogen) atoms. The van der Waals surface area contributed by atoms with E-state index in [9.17, 15) is 40.8 Å². The topological polar surface area (TPSA) is 201 Å². The molecule has 3 aromatic rings. The fourth-order valence-electron chi connectivity index (χ4n) is 7.88. The van der Waals surface area contributed by atoms with Crippen LogP contribution >= 0.6 is 0 Å². The van der Waals surface area contributed by atoms with Gasteiger partial charge in [-0.25, -0.2) is 18.2 Å². The first kappa shape index (κ1) is 44.7. The normalized spacial score (nSPS) is 25.0. The van der Waals surface area contributed by atoms with E-state index in [0.29, 0.717) is 66.3 Å². The maximum Gasteiger partial charge on any atom is 0.573 e. The predicted octanol–water partition coefficient (Wildman–Crippen LogP) is 5.12. The van der Waals surface area contributed by atoms with Gasteiger partial charge in [-0.3, -0.25) is 19.1 Å². The summed E-state index contributed by atoms with van der Waals surface area (Å²) in [6.45, 7) is 4.80. The first-order chi connectivity index (χ1) is 29.2. The average molecular weight is 890 g/mol. The van der Waals surface area contributed by atoms with Crippen LogP contribution in [0.2, 0.25) is 0 Å². The lowest BCUT2D eigenvalue weighted by atomic mass is 10.1. The molecule has 16 nitrogen and oxygen atoms in total. The molecule has 1 aromatic heterocycles. The number of fused-ring (bicyclic) bond motifs is 3. The van der Waals surface area contributed by atoms with Gasteiger partial charge in [-0.05, 0) is 113 Å². The summed E-state index contributed by atoms with van der Waals surface area (Å²) in [6.07, 6.45) is -3.28. The number of hydrogen-bond donors (Lipinski definition) is 3. The second kappa shape index (κ2) is 17.4. The zero-order chi connectivity index (χ0) is 44.6. The fourth-order valence-corrected chi connectivity index (χ4v) is 9.24. The monoisotopic (exact) mass is 889 g/mol. The van der Waals surface area contributed by atoms with Crippen molar-refractivity contribution >= 4 is 44.6 Å². The Morgan fingerprint density at radius 2 is 1.71 bits per heavy atom. The van der Waals surface area contributed by atoms with E-state index in [1.54, 1.807) is 45.0 Å². The quantitative estimate of drug-likeness (QED) is 0.257. The molecule has 4 aliphatic rings. The minimum atomic E-state index is -4.89. The molecule has 0 spiro atoms. The molecule has 3 N–H and O–H groups in total. The van der Waals surface area contributed by atoms with Gasteiger partial charge < -0.3 is 39.2 Å². The highest BCUT2D eigenvalue weighted by atomic mass is 32.2. The third-order valence-electron chi connectivity index (χ3n) is 11.2. The molecule has 4 amide bonds. The molecule has 2 saturated heterocycles.